The summed E-state index contributed by atoms with van der Waals surface area (Å²) < 4.78 is 5.10. The zero-order valence-electron chi connectivity index (χ0n) is 36.7. The molecule has 66 heavy (non-hydrogen) atoms. The first kappa shape index (κ1) is 39.6. The first-order chi connectivity index (χ1) is 32.6. The van der Waals surface area contributed by atoms with E-state index < -0.39 is 0 Å². The van der Waals surface area contributed by atoms with Gasteiger partial charge in [-0.1, -0.05) is 176 Å². The van der Waals surface area contributed by atoms with Crippen molar-refractivity contribution >= 4 is 81.5 Å². The first-order valence-corrected chi connectivity index (χ1v) is 23.7. The number of rotatable bonds is 8. The number of thiophene rings is 1. The lowest BCUT2D eigenvalue weighted by atomic mass is 9.95. The summed E-state index contributed by atoms with van der Waals surface area (Å²) in [5.41, 5.74) is 17.9. The van der Waals surface area contributed by atoms with Gasteiger partial charge in [-0.2, -0.15) is 0 Å². The average molecular weight is 863 g/mol. The van der Waals surface area contributed by atoms with Crippen molar-refractivity contribution in [1.29, 1.82) is 0 Å². The van der Waals surface area contributed by atoms with Crippen molar-refractivity contribution < 1.29 is 0 Å². The highest BCUT2D eigenvalue weighted by Gasteiger charge is 2.20. The normalized spacial score (nSPS) is 13.8. The lowest BCUT2D eigenvalue weighted by Gasteiger charge is -2.26. The number of hydrogen-bond donors (Lipinski definition) is 0. The third kappa shape index (κ3) is 7.15. The Morgan fingerprint density at radius 3 is 1.94 bits per heavy atom. The lowest BCUT2D eigenvalue weighted by molar-refractivity contribution is 1.20. The molecule has 2 aliphatic rings. The molecule has 2 aliphatic carbocycles. The van der Waals surface area contributed by atoms with Crippen LogP contribution in [-0.2, 0) is 0 Å². The van der Waals surface area contributed by atoms with Crippen LogP contribution in [0.2, 0.25) is 0 Å². The molecule has 0 aliphatic heterocycles. The maximum atomic E-state index is 2.48. The van der Waals surface area contributed by atoms with E-state index in [0.29, 0.717) is 0 Å². The van der Waals surface area contributed by atoms with Crippen LogP contribution in [-0.4, -0.2) is 4.57 Å². The fourth-order valence-electron chi connectivity index (χ4n) is 9.91. The van der Waals surface area contributed by atoms with Crippen LogP contribution in [0, 0.1) is 0 Å². The predicted octanol–water partition coefficient (Wildman–Crippen LogP) is 18.1. The predicted molar refractivity (Wildman–Crippen MR) is 286 cm³/mol. The summed E-state index contributed by atoms with van der Waals surface area (Å²) in [5, 5.41) is 5.14. The van der Waals surface area contributed by atoms with Gasteiger partial charge in [-0.25, -0.2) is 0 Å². The van der Waals surface area contributed by atoms with Gasteiger partial charge in [-0.15, -0.1) is 11.3 Å². The second-order valence-corrected chi connectivity index (χ2v) is 18.3. The van der Waals surface area contributed by atoms with Gasteiger partial charge >= 0.3 is 0 Å². The van der Waals surface area contributed by atoms with Gasteiger partial charge in [0.25, 0.3) is 0 Å². The molecule has 12 rings (SSSR count). The molecule has 2 aromatic heterocycles. The van der Waals surface area contributed by atoms with E-state index in [1.165, 1.54) is 92.2 Å². The van der Waals surface area contributed by atoms with Crippen LogP contribution in [0.3, 0.4) is 0 Å². The standard InChI is InChI=1S/C63H46N2S/c1-43-15-10-18-45(32-31-43)47-35-39-52(40-36-47)64(51-37-33-46(34-38-51)44-16-4-2-3-5-17-44)53-22-12-20-49(42-53)48-19-11-21-50(41-48)54-25-13-28-59-62(54)57-24-6-8-27-58(57)65(59)60-29-14-26-56-55-23-7-9-30-61(55)66-63(56)60/h2-4,6-9,11-42H,5,10H2,1H3. The van der Waals surface area contributed by atoms with E-state index in [1.807, 2.05) is 11.3 Å². The first-order valence-electron chi connectivity index (χ1n) is 22.9. The topological polar surface area (TPSA) is 8.17 Å². The van der Waals surface area contributed by atoms with E-state index in [2.05, 4.69) is 253 Å². The maximum Gasteiger partial charge on any atom is 0.0640 e. The summed E-state index contributed by atoms with van der Waals surface area (Å²) in [7, 11) is 0. The Morgan fingerprint density at radius 1 is 0.455 bits per heavy atom. The third-order valence-corrected chi connectivity index (χ3v) is 14.4. The molecule has 2 heterocycles. The molecule has 0 saturated carbocycles. The highest BCUT2D eigenvalue weighted by molar-refractivity contribution is 7.26. The van der Waals surface area contributed by atoms with Gasteiger partial charge in [-0.3, -0.25) is 0 Å². The molecule has 2 nitrogen and oxygen atoms in total. The monoisotopic (exact) mass is 862 g/mol. The lowest BCUT2D eigenvalue weighted by Crippen LogP contribution is -2.10. The largest absolute Gasteiger partial charge is 0.310 e. The van der Waals surface area contributed by atoms with Gasteiger partial charge in [0.2, 0.25) is 0 Å². The van der Waals surface area contributed by atoms with Gasteiger partial charge in [-0.05, 0) is 131 Å². The number of benzene rings is 8. The van der Waals surface area contributed by atoms with Crippen molar-refractivity contribution in [2.75, 3.05) is 4.90 Å². The zero-order valence-corrected chi connectivity index (χ0v) is 37.6. The van der Waals surface area contributed by atoms with Gasteiger partial charge in [0.15, 0.2) is 0 Å². The highest BCUT2D eigenvalue weighted by atomic mass is 32.1. The molecule has 8 aromatic carbocycles. The van der Waals surface area contributed by atoms with Gasteiger partial charge < -0.3 is 9.47 Å². The van der Waals surface area contributed by atoms with E-state index in [9.17, 15) is 0 Å². The molecular weight excluding hydrogens is 817 g/mol. The van der Waals surface area contributed by atoms with Crippen LogP contribution in [0.1, 0.15) is 30.9 Å². The summed E-state index contributed by atoms with van der Waals surface area (Å²) in [6.07, 6.45) is 21.8. The number of fused-ring (bicyclic) bond motifs is 6. The van der Waals surface area contributed by atoms with Crippen LogP contribution in [0.5, 0.6) is 0 Å². The SMILES string of the molecule is CC1=CCC=C(c2ccc(N(c3ccc(C4=CCC=CC=C4)cc3)c3cccc(-c4cccc(-c5cccc6c5c5ccccc5n6-c5cccc6c5sc5ccccc56)c4)c3)cc2)C=C1. The maximum absolute atomic E-state index is 2.48. The molecule has 0 saturated heterocycles. The molecule has 0 unspecified atom stereocenters. The summed E-state index contributed by atoms with van der Waals surface area (Å²) >= 11 is 1.88. The minimum atomic E-state index is 0.931. The molecule has 3 heteroatoms. The Labute approximate surface area is 390 Å². The Morgan fingerprint density at radius 2 is 1.11 bits per heavy atom. The molecule has 0 amide bonds. The number of nitrogens with zero attached hydrogens (tertiary/aromatic N) is 2. The molecule has 0 spiro atoms. The van der Waals surface area contributed by atoms with Crippen LogP contribution >= 0.6 is 11.3 Å². The minimum Gasteiger partial charge on any atom is -0.310 e. The number of para-hydroxylation sites is 1. The molecule has 0 radical (unpaired) electrons. The summed E-state index contributed by atoms with van der Waals surface area (Å²) in [5.74, 6) is 0. The molecule has 314 valence electrons. The Bertz CT molecular complexity index is 3690. The average Bonchev–Trinajstić information content (AvgIpc) is 3.65. The molecule has 10 aromatic rings. The van der Waals surface area contributed by atoms with Crippen molar-refractivity contribution in [3.63, 3.8) is 0 Å². The fraction of sp³-hybridized carbons (Fsp3) is 0.0476. The fourth-order valence-corrected chi connectivity index (χ4v) is 11.1. The Hall–Kier alpha value is -7.98. The Balaban J connectivity index is 0.949. The van der Waals surface area contributed by atoms with Crippen molar-refractivity contribution in [3.05, 3.63) is 253 Å². The van der Waals surface area contributed by atoms with Crippen LogP contribution < -0.4 is 4.90 Å². The Kier molecular flexibility index (Phi) is 10.1. The second-order valence-electron chi connectivity index (χ2n) is 17.2. The second kappa shape index (κ2) is 16.9. The summed E-state index contributed by atoms with van der Waals surface area (Å²) in [6.45, 7) is 2.17. The summed E-state index contributed by atoms with van der Waals surface area (Å²) in [6, 6.07) is 67.4. The number of aromatic nitrogens is 1. The number of allylic oxidation sites excluding steroid dienone is 12. The van der Waals surface area contributed by atoms with E-state index in [4.69, 9.17) is 0 Å². The molecule has 0 atom stereocenters. The minimum absolute atomic E-state index is 0.931. The highest BCUT2D eigenvalue weighted by Crippen LogP contribution is 2.44. The van der Waals surface area contributed by atoms with E-state index >= 15 is 0 Å². The van der Waals surface area contributed by atoms with Crippen molar-refractivity contribution in [2.24, 2.45) is 0 Å². The molecule has 0 N–H and O–H groups in total. The van der Waals surface area contributed by atoms with Crippen molar-refractivity contribution in [1.82, 2.24) is 4.57 Å². The molecule has 0 bridgehead atoms. The molecular formula is C63H46N2S. The molecule has 0 fully saturated rings. The van der Waals surface area contributed by atoms with Gasteiger partial charge in [0.1, 0.15) is 0 Å². The van der Waals surface area contributed by atoms with Crippen LogP contribution in [0.4, 0.5) is 17.1 Å². The van der Waals surface area contributed by atoms with E-state index in [0.717, 1.165) is 35.5 Å². The number of hydrogen-bond acceptors (Lipinski definition) is 2. The van der Waals surface area contributed by atoms with Crippen molar-refractivity contribution in [3.8, 4) is 27.9 Å². The van der Waals surface area contributed by atoms with Gasteiger partial charge in [0.05, 0.1) is 21.4 Å². The number of anilines is 3. The van der Waals surface area contributed by atoms with Crippen LogP contribution in [0.15, 0.2) is 242 Å². The van der Waals surface area contributed by atoms with E-state index in [-0.39, 0.29) is 0 Å². The van der Waals surface area contributed by atoms with Crippen molar-refractivity contribution in [2.45, 2.75) is 19.8 Å². The van der Waals surface area contributed by atoms with Gasteiger partial charge in [0, 0.05) is 43.3 Å². The smallest absolute Gasteiger partial charge is 0.0640 e. The van der Waals surface area contributed by atoms with Crippen LogP contribution in [0.25, 0.3) is 81.1 Å². The summed E-state index contributed by atoms with van der Waals surface area (Å²) in [4.78, 5) is 2.38. The zero-order chi connectivity index (χ0) is 44.0. The quantitative estimate of drug-likeness (QED) is 0.148. The third-order valence-electron chi connectivity index (χ3n) is 13.2. The van der Waals surface area contributed by atoms with E-state index in [1.54, 1.807) is 0 Å².